The van der Waals surface area contributed by atoms with Crippen LogP contribution < -0.4 is 0 Å². The minimum absolute atomic E-state index is 0.750. The van der Waals surface area contributed by atoms with Gasteiger partial charge in [-0.05, 0) is 13.8 Å². The third-order valence-corrected chi connectivity index (χ3v) is 1.22. The van der Waals surface area contributed by atoms with Crippen molar-refractivity contribution in [2.24, 2.45) is 0 Å². The monoisotopic (exact) mass is 278 g/mol. The highest BCUT2D eigenvalue weighted by Crippen LogP contribution is 1.99. The van der Waals surface area contributed by atoms with Crippen molar-refractivity contribution in [2.45, 2.75) is 13.8 Å². The highest BCUT2D eigenvalue weighted by atomic mass is 16.1. The number of aryl methyl sites for hydroxylation is 2. The fourth-order valence-corrected chi connectivity index (χ4v) is 0.637. The van der Waals surface area contributed by atoms with Crippen LogP contribution in [0.1, 0.15) is 11.1 Å². The maximum absolute atomic E-state index is 8.35. The molecule has 0 saturated heterocycles. The Morgan fingerprint density at radius 2 is 0.700 bits per heavy atom. The molecule has 0 bridgehead atoms. The largest absolute Gasteiger partial charge is 0.231 e. The molecule has 106 valence electrons. The van der Waals surface area contributed by atoms with Crippen LogP contribution in [0, 0.1) is 35.5 Å². The molecule has 0 aliphatic heterocycles. The van der Waals surface area contributed by atoms with Crippen molar-refractivity contribution in [3.63, 3.8) is 0 Å². The SMILES string of the molecule is Cc1ccc(C)cc1.N=C=O.N=C=O.N=C=O.N=C=O. The molecule has 0 unspecified atom stereocenters. The van der Waals surface area contributed by atoms with Gasteiger partial charge in [0.05, 0.1) is 0 Å². The van der Waals surface area contributed by atoms with Gasteiger partial charge in [0.2, 0.25) is 24.3 Å². The van der Waals surface area contributed by atoms with Gasteiger partial charge in [-0.3, -0.25) is 0 Å². The zero-order valence-electron chi connectivity index (χ0n) is 10.9. The number of nitrogens with one attached hydrogen (secondary N) is 4. The van der Waals surface area contributed by atoms with E-state index >= 15 is 0 Å². The molecule has 0 atom stereocenters. The molecule has 0 fully saturated rings. The Balaban J connectivity index is -0.0000000910. The zero-order chi connectivity index (χ0) is 16.8. The van der Waals surface area contributed by atoms with Crippen LogP contribution in [-0.2, 0) is 19.2 Å². The van der Waals surface area contributed by atoms with Crippen LogP contribution >= 0.6 is 0 Å². The first-order valence-corrected chi connectivity index (χ1v) is 4.64. The Kier molecular flexibility index (Phi) is 37.9. The van der Waals surface area contributed by atoms with Crippen molar-refractivity contribution in [1.29, 1.82) is 21.6 Å². The van der Waals surface area contributed by atoms with Crippen molar-refractivity contribution in [3.05, 3.63) is 35.4 Å². The summed E-state index contributed by atoms with van der Waals surface area (Å²) in [6, 6.07) is 8.48. The number of hydrogen-bond donors (Lipinski definition) is 4. The fourth-order valence-electron chi connectivity index (χ4n) is 0.637. The smallest absolute Gasteiger partial charge is 0.222 e. The zero-order valence-corrected chi connectivity index (χ0v) is 10.9. The number of hydrogen-bond acceptors (Lipinski definition) is 8. The van der Waals surface area contributed by atoms with Gasteiger partial charge < -0.3 is 0 Å². The van der Waals surface area contributed by atoms with E-state index in [0.717, 1.165) is 24.3 Å². The summed E-state index contributed by atoms with van der Waals surface area (Å²) in [5.74, 6) is 0. The number of rotatable bonds is 0. The van der Waals surface area contributed by atoms with Gasteiger partial charge in [-0.15, -0.1) is 0 Å². The number of carbonyl (C=O) groups excluding carboxylic acids is 4. The molecule has 0 aliphatic carbocycles. The predicted molar refractivity (Wildman–Crippen MR) is 69.6 cm³/mol. The predicted octanol–water partition coefficient (Wildman–Crippen LogP) is 1.91. The summed E-state index contributed by atoms with van der Waals surface area (Å²) in [4.78, 5) is 33.4. The van der Waals surface area contributed by atoms with Crippen molar-refractivity contribution >= 4 is 24.3 Å². The second-order valence-corrected chi connectivity index (χ2v) is 2.56. The molecular formula is C12H14N4O4. The van der Waals surface area contributed by atoms with E-state index in [9.17, 15) is 0 Å². The van der Waals surface area contributed by atoms with Crippen LogP contribution in [0.4, 0.5) is 0 Å². The van der Waals surface area contributed by atoms with E-state index in [2.05, 4.69) is 38.1 Å². The van der Waals surface area contributed by atoms with Crippen LogP contribution in [0.2, 0.25) is 0 Å². The van der Waals surface area contributed by atoms with Crippen molar-refractivity contribution in [2.75, 3.05) is 0 Å². The van der Waals surface area contributed by atoms with Crippen molar-refractivity contribution < 1.29 is 19.2 Å². The lowest BCUT2D eigenvalue weighted by Crippen LogP contribution is -1.70. The summed E-state index contributed by atoms with van der Waals surface area (Å²) >= 11 is 0. The van der Waals surface area contributed by atoms with E-state index < -0.39 is 0 Å². The molecule has 1 aromatic rings. The molecule has 0 spiro atoms. The van der Waals surface area contributed by atoms with E-state index in [1.54, 1.807) is 0 Å². The molecule has 8 heteroatoms. The van der Waals surface area contributed by atoms with E-state index in [4.69, 9.17) is 40.8 Å². The summed E-state index contributed by atoms with van der Waals surface area (Å²) in [5.41, 5.74) is 2.66. The molecule has 1 aromatic carbocycles. The summed E-state index contributed by atoms with van der Waals surface area (Å²) in [5, 5.41) is 21.6. The van der Waals surface area contributed by atoms with Crippen LogP contribution in [0.15, 0.2) is 24.3 Å². The summed E-state index contributed by atoms with van der Waals surface area (Å²) in [7, 11) is 0. The molecule has 0 radical (unpaired) electrons. The lowest BCUT2D eigenvalue weighted by Gasteiger charge is -1.90. The quantitative estimate of drug-likeness (QED) is 0.421. The molecular weight excluding hydrogens is 264 g/mol. The third-order valence-electron chi connectivity index (χ3n) is 1.22. The molecule has 4 N–H and O–H groups in total. The molecule has 0 amide bonds. The minimum atomic E-state index is 0.750. The first-order valence-electron chi connectivity index (χ1n) is 4.64. The Morgan fingerprint density at radius 1 is 0.600 bits per heavy atom. The van der Waals surface area contributed by atoms with Gasteiger partial charge in [-0.25, -0.2) is 40.8 Å². The lowest BCUT2D eigenvalue weighted by atomic mass is 10.2. The van der Waals surface area contributed by atoms with E-state index in [0.29, 0.717) is 0 Å². The van der Waals surface area contributed by atoms with Gasteiger partial charge in [-0.2, -0.15) is 0 Å². The first kappa shape index (κ1) is 25.6. The average molecular weight is 278 g/mol. The Hall–Kier alpha value is -3.26. The molecule has 8 nitrogen and oxygen atoms in total. The normalized spacial score (nSPS) is 5.30. The summed E-state index contributed by atoms with van der Waals surface area (Å²) in [6.45, 7) is 4.19. The van der Waals surface area contributed by atoms with E-state index in [1.807, 2.05) is 0 Å². The molecule has 0 aliphatic rings. The Bertz CT molecular complexity index is 390. The molecule has 0 saturated carbocycles. The maximum Gasteiger partial charge on any atom is 0.231 e. The average Bonchev–Trinajstić information content (AvgIpc) is 2.37. The highest BCUT2D eigenvalue weighted by molar-refractivity contribution is 5.27. The standard InChI is InChI=1S/C8H10.4CHNO/c1-7-3-5-8(2)6-4-7;4*2-1-3/h3-6H,1-2H3;4*2H. The number of isocyanates is 4. The summed E-state index contributed by atoms with van der Waals surface area (Å²) in [6.07, 6.45) is 3.00. The van der Waals surface area contributed by atoms with E-state index in [1.165, 1.54) is 11.1 Å². The van der Waals surface area contributed by atoms with Gasteiger partial charge >= 0.3 is 0 Å². The second-order valence-electron chi connectivity index (χ2n) is 2.56. The summed E-state index contributed by atoms with van der Waals surface area (Å²) < 4.78 is 0. The third kappa shape index (κ3) is 61.3. The topological polar surface area (TPSA) is 164 Å². The van der Waals surface area contributed by atoms with Crippen molar-refractivity contribution in [1.82, 2.24) is 0 Å². The molecule has 1 rings (SSSR count). The maximum atomic E-state index is 8.35. The number of benzene rings is 1. The van der Waals surface area contributed by atoms with Gasteiger partial charge in [0.25, 0.3) is 0 Å². The molecule has 0 aromatic heterocycles. The van der Waals surface area contributed by atoms with Crippen LogP contribution in [0.5, 0.6) is 0 Å². The second kappa shape index (κ2) is 29.6. The molecule has 0 heterocycles. The van der Waals surface area contributed by atoms with Crippen LogP contribution in [-0.4, -0.2) is 24.3 Å². The minimum Gasteiger partial charge on any atom is -0.222 e. The first-order chi connectivity index (χ1) is 9.44. The Labute approximate surface area is 115 Å². The molecule has 20 heavy (non-hydrogen) atoms. The van der Waals surface area contributed by atoms with Crippen molar-refractivity contribution in [3.8, 4) is 0 Å². The fraction of sp³-hybridized carbons (Fsp3) is 0.167. The highest BCUT2D eigenvalue weighted by Gasteiger charge is 1.79. The van der Waals surface area contributed by atoms with Gasteiger partial charge in [0, 0.05) is 0 Å². The van der Waals surface area contributed by atoms with E-state index in [-0.39, 0.29) is 0 Å². The van der Waals surface area contributed by atoms with Gasteiger partial charge in [-0.1, -0.05) is 35.4 Å². The van der Waals surface area contributed by atoms with Gasteiger partial charge in [0.1, 0.15) is 0 Å². The van der Waals surface area contributed by atoms with Crippen LogP contribution in [0.25, 0.3) is 0 Å². The Morgan fingerprint density at radius 3 is 0.800 bits per heavy atom. The van der Waals surface area contributed by atoms with Gasteiger partial charge in [0.15, 0.2) is 0 Å². The lowest BCUT2D eigenvalue weighted by molar-refractivity contribution is 0.562. The van der Waals surface area contributed by atoms with Crippen LogP contribution in [0.3, 0.4) is 0 Å².